The topological polar surface area (TPSA) is 24.9 Å². The summed E-state index contributed by atoms with van der Waals surface area (Å²) in [6.07, 6.45) is 1.18. The van der Waals surface area contributed by atoms with Gasteiger partial charge in [-0.2, -0.15) is 0 Å². The monoisotopic (exact) mass is 212 g/mol. The average Bonchev–Trinajstić information content (AvgIpc) is 2.23. The Morgan fingerprint density at radius 3 is 2.88 bits per heavy atom. The van der Waals surface area contributed by atoms with Crippen LogP contribution in [0.2, 0.25) is 0 Å². The van der Waals surface area contributed by atoms with Gasteiger partial charge in [-0.25, -0.2) is 0 Å². The summed E-state index contributed by atoms with van der Waals surface area (Å²) in [5.41, 5.74) is 3.71. The van der Waals surface area contributed by atoms with Gasteiger partial charge >= 0.3 is 0 Å². The van der Waals surface area contributed by atoms with Gasteiger partial charge in [-0.05, 0) is 50.0 Å². The number of hydrogen-bond donors (Lipinski definition) is 1. The van der Waals surface area contributed by atoms with Gasteiger partial charge in [0.2, 0.25) is 0 Å². The highest BCUT2D eigenvalue weighted by atomic mass is 14.9. The Morgan fingerprint density at radius 2 is 2.12 bits per heavy atom. The predicted octanol–water partition coefficient (Wildman–Crippen LogP) is 2.31. The van der Waals surface area contributed by atoms with E-state index < -0.39 is 0 Å². The second-order valence-corrected chi connectivity index (χ2v) is 4.67. The maximum atomic E-state index is 4.57. The molecule has 0 unspecified atom stereocenters. The van der Waals surface area contributed by atoms with Gasteiger partial charge < -0.3 is 5.32 Å². The predicted molar refractivity (Wildman–Crippen MR) is 66.5 cm³/mol. The van der Waals surface area contributed by atoms with E-state index in [-0.39, 0.29) is 0 Å². The highest BCUT2D eigenvalue weighted by Gasteiger charge is 2.18. The van der Waals surface area contributed by atoms with Crippen molar-refractivity contribution in [2.75, 3.05) is 13.1 Å². The van der Waals surface area contributed by atoms with Crippen LogP contribution in [-0.4, -0.2) is 18.1 Å². The number of hydrogen-bond acceptors (Lipinski definition) is 2. The summed E-state index contributed by atoms with van der Waals surface area (Å²) >= 11 is 0. The lowest BCUT2D eigenvalue weighted by molar-refractivity contribution is 0.347. The van der Waals surface area contributed by atoms with Gasteiger partial charge in [0.05, 0.1) is 5.52 Å². The van der Waals surface area contributed by atoms with Crippen LogP contribution in [-0.2, 0) is 6.42 Å². The Morgan fingerprint density at radius 1 is 1.31 bits per heavy atom. The van der Waals surface area contributed by atoms with Gasteiger partial charge in [0.15, 0.2) is 0 Å². The third-order valence-corrected chi connectivity index (χ3v) is 3.30. The second-order valence-electron chi connectivity index (χ2n) is 4.67. The lowest BCUT2D eigenvalue weighted by atomic mass is 9.92. The SMILES string of the molecule is Cc1cc(CC2CNC2)c2ccccc2n1. The normalized spacial score (nSPS) is 16.3. The molecule has 2 aromatic rings. The molecule has 0 saturated carbocycles. The smallest absolute Gasteiger partial charge is 0.0707 e. The van der Waals surface area contributed by atoms with Crippen molar-refractivity contribution in [3.8, 4) is 0 Å². The van der Waals surface area contributed by atoms with E-state index in [0.29, 0.717) is 0 Å². The molecule has 0 aliphatic carbocycles. The zero-order chi connectivity index (χ0) is 11.0. The molecule has 1 aliphatic rings. The molecule has 1 fully saturated rings. The van der Waals surface area contributed by atoms with Gasteiger partial charge in [0.1, 0.15) is 0 Å². The van der Waals surface area contributed by atoms with Crippen LogP contribution < -0.4 is 5.32 Å². The second kappa shape index (κ2) is 3.87. The Labute approximate surface area is 95.7 Å². The van der Waals surface area contributed by atoms with Crippen LogP contribution in [0.1, 0.15) is 11.3 Å². The highest BCUT2D eigenvalue weighted by Crippen LogP contribution is 2.22. The molecule has 82 valence electrons. The molecule has 1 aliphatic heterocycles. The molecule has 0 spiro atoms. The van der Waals surface area contributed by atoms with E-state index in [2.05, 4.69) is 47.6 Å². The summed E-state index contributed by atoms with van der Waals surface area (Å²) in [6.45, 7) is 4.40. The molecular weight excluding hydrogens is 196 g/mol. The number of fused-ring (bicyclic) bond motifs is 1. The molecule has 0 atom stereocenters. The molecule has 16 heavy (non-hydrogen) atoms. The largest absolute Gasteiger partial charge is 0.316 e. The number of aromatic nitrogens is 1. The number of benzene rings is 1. The van der Waals surface area contributed by atoms with Crippen LogP contribution in [0.15, 0.2) is 30.3 Å². The van der Waals surface area contributed by atoms with Crippen molar-refractivity contribution in [3.63, 3.8) is 0 Å². The van der Waals surface area contributed by atoms with Gasteiger partial charge in [-0.1, -0.05) is 18.2 Å². The summed E-state index contributed by atoms with van der Waals surface area (Å²) in [5, 5.41) is 4.65. The quantitative estimate of drug-likeness (QED) is 0.826. The molecule has 1 aromatic carbocycles. The first-order chi connectivity index (χ1) is 7.83. The van der Waals surface area contributed by atoms with Crippen molar-refractivity contribution < 1.29 is 0 Å². The Bertz CT molecular complexity index is 515. The first-order valence-electron chi connectivity index (χ1n) is 5.89. The average molecular weight is 212 g/mol. The zero-order valence-corrected chi connectivity index (χ0v) is 9.53. The van der Waals surface area contributed by atoms with E-state index in [4.69, 9.17) is 0 Å². The van der Waals surface area contributed by atoms with Crippen molar-refractivity contribution in [2.24, 2.45) is 5.92 Å². The van der Waals surface area contributed by atoms with Crippen LogP contribution in [0.4, 0.5) is 0 Å². The fraction of sp³-hybridized carbons (Fsp3) is 0.357. The molecule has 0 amide bonds. The summed E-state index contributed by atoms with van der Waals surface area (Å²) in [6, 6.07) is 10.7. The van der Waals surface area contributed by atoms with E-state index in [9.17, 15) is 0 Å². The number of aryl methyl sites for hydroxylation is 1. The third kappa shape index (κ3) is 1.69. The van der Waals surface area contributed by atoms with Crippen LogP contribution in [0.25, 0.3) is 10.9 Å². The lowest BCUT2D eigenvalue weighted by Gasteiger charge is -2.27. The van der Waals surface area contributed by atoms with Crippen molar-refractivity contribution in [1.82, 2.24) is 10.3 Å². The number of nitrogens with one attached hydrogen (secondary N) is 1. The minimum Gasteiger partial charge on any atom is -0.316 e. The van der Waals surface area contributed by atoms with Crippen LogP contribution in [0, 0.1) is 12.8 Å². The molecule has 1 aromatic heterocycles. The summed E-state index contributed by atoms with van der Waals surface area (Å²) in [5.74, 6) is 0.810. The molecule has 0 bridgehead atoms. The Kier molecular flexibility index (Phi) is 2.37. The standard InChI is InChI=1S/C14H16N2/c1-10-6-12(7-11-8-15-9-11)13-4-2-3-5-14(13)16-10/h2-6,11,15H,7-9H2,1H3. The molecule has 2 heterocycles. The van der Waals surface area contributed by atoms with Gasteiger partial charge in [0, 0.05) is 11.1 Å². The molecular formula is C14H16N2. The lowest BCUT2D eigenvalue weighted by Crippen LogP contribution is -2.43. The van der Waals surface area contributed by atoms with E-state index in [0.717, 1.165) is 30.2 Å². The van der Waals surface area contributed by atoms with E-state index in [1.54, 1.807) is 0 Å². The number of pyridine rings is 1. The van der Waals surface area contributed by atoms with E-state index in [1.165, 1.54) is 17.4 Å². The molecule has 2 heteroatoms. The minimum atomic E-state index is 0.810. The Hall–Kier alpha value is -1.41. The van der Waals surface area contributed by atoms with E-state index in [1.807, 2.05) is 0 Å². The zero-order valence-electron chi connectivity index (χ0n) is 9.53. The molecule has 3 rings (SSSR count). The number of rotatable bonds is 2. The third-order valence-electron chi connectivity index (χ3n) is 3.30. The first-order valence-corrected chi connectivity index (χ1v) is 5.89. The van der Waals surface area contributed by atoms with Crippen molar-refractivity contribution in [3.05, 3.63) is 41.6 Å². The maximum Gasteiger partial charge on any atom is 0.0707 e. The molecule has 1 saturated heterocycles. The van der Waals surface area contributed by atoms with Gasteiger partial charge in [0.25, 0.3) is 0 Å². The van der Waals surface area contributed by atoms with Crippen LogP contribution in [0.3, 0.4) is 0 Å². The minimum absolute atomic E-state index is 0.810. The summed E-state index contributed by atoms with van der Waals surface area (Å²) < 4.78 is 0. The van der Waals surface area contributed by atoms with Crippen molar-refractivity contribution in [1.29, 1.82) is 0 Å². The van der Waals surface area contributed by atoms with Gasteiger partial charge in [-0.3, -0.25) is 4.98 Å². The van der Waals surface area contributed by atoms with Crippen LogP contribution >= 0.6 is 0 Å². The first kappa shape index (κ1) is 9.79. The highest BCUT2D eigenvalue weighted by molar-refractivity contribution is 5.82. The Balaban J connectivity index is 2.06. The molecule has 2 nitrogen and oxygen atoms in total. The summed E-state index contributed by atoms with van der Waals surface area (Å²) in [7, 11) is 0. The maximum absolute atomic E-state index is 4.57. The fourth-order valence-corrected chi connectivity index (χ4v) is 2.37. The van der Waals surface area contributed by atoms with Crippen molar-refractivity contribution in [2.45, 2.75) is 13.3 Å². The van der Waals surface area contributed by atoms with E-state index >= 15 is 0 Å². The molecule has 1 N–H and O–H groups in total. The number of nitrogens with zero attached hydrogens (tertiary/aromatic N) is 1. The summed E-state index contributed by atoms with van der Waals surface area (Å²) in [4.78, 5) is 4.57. The van der Waals surface area contributed by atoms with Crippen LogP contribution in [0.5, 0.6) is 0 Å². The number of para-hydroxylation sites is 1. The van der Waals surface area contributed by atoms with Crippen molar-refractivity contribution >= 4 is 10.9 Å². The molecule has 0 radical (unpaired) electrons. The van der Waals surface area contributed by atoms with Gasteiger partial charge in [-0.15, -0.1) is 0 Å². The fourth-order valence-electron chi connectivity index (χ4n) is 2.37.